The van der Waals surface area contributed by atoms with Crippen LogP contribution in [0, 0.1) is 23.6 Å². The molecule has 0 spiro atoms. The predicted octanol–water partition coefficient (Wildman–Crippen LogP) is 7.94. The number of halogens is 2. The number of allylic oxidation sites excluding steroid dienone is 1. The number of carbonyl (C=O) groups is 1. The number of benzene rings is 2. The van der Waals surface area contributed by atoms with E-state index in [1.807, 2.05) is 31.2 Å². The van der Waals surface area contributed by atoms with Crippen molar-refractivity contribution >= 4 is 45.9 Å². The van der Waals surface area contributed by atoms with Crippen molar-refractivity contribution in [2.75, 3.05) is 30.9 Å². The standard InChI is InChI=1S/C34H44ClFN2O3S2/c1-6-7-28-26(13-14-29(35)32(28)36)25-18-38-17-24-10-12-27(24)33(41-5)21(3)9-8-20(2)22(4)43(40)37-34(39)23-11-15-31(42-19-25)30(38)16-23/h9,11,13-16,20,22,24-25,27,33H,6-8,10,12,17-19H2,1-5H3,(H,37,39)/b21-9+/t20-,22?,24?,25?,27?,33?,43?/m0/s1. The van der Waals surface area contributed by atoms with Crippen LogP contribution in [0.5, 0.6) is 0 Å². The van der Waals surface area contributed by atoms with Crippen LogP contribution in [0.1, 0.15) is 80.8 Å². The number of carbonyl (C=O) groups excluding carboxylic acids is 1. The van der Waals surface area contributed by atoms with E-state index in [1.54, 1.807) is 24.9 Å². The summed E-state index contributed by atoms with van der Waals surface area (Å²) in [6.45, 7) is 9.76. The Morgan fingerprint density at radius 1 is 1.19 bits per heavy atom. The van der Waals surface area contributed by atoms with Crippen molar-refractivity contribution in [1.29, 1.82) is 0 Å². The van der Waals surface area contributed by atoms with E-state index in [9.17, 15) is 9.00 Å². The number of rotatable bonds is 4. The van der Waals surface area contributed by atoms with Crippen LogP contribution in [0.2, 0.25) is 5.02 Å². The van der Waals surface area contributed by atoms with Crippen LogP contribution < -0.4 is 9.62 Å². The third kappa shape index (κ3) is 6.87. The van der Waals surface area contributed by atoms with Gasteiger partial charge in [-0.05, 0) is 98.2 Å². The highest BCUT2D eigenvalue weighted by atomic mass is 35.5. The minimum Gasteiger partial charge on any atom is -0.377 e. The monoisotopic (exact) mass is 646 g/mol. The zero-order valence-corrected chi connectivity index (χ0v) is 28.2. The summed E-state index contributed by atoms with van der Waals surface area (Å²) < 4.78 is 37.4. The van der Waals surface area contributed by atoms with Crippen molar-refractivity contribution in [3.8, 4) is 0 Å². The van der Waals surface area contributed by atoms with Crippen molar-refractivity contribution in [2.45, 2.75) is 82.0 Å². The Balaban J connectivity index is 1.56. The lowest BCUT2D eigenvalue weighted by Crippen LogP contribution is -2.45. The second-order valence-corrected chi connectivity index (χ2v) is 15.5. The summed E-state index contributed by atoms with van der Waals surface area (Å²) in [4.78, 5) is 16.9. The Bertz CT molecular complexity index is 1400. The first kappa shape index (κ1) is 32.5. The van der Waals surface area contributed by atoms with E-state index in [2.05, 4.69) is 36.5 Å². The Morgan fingerprint density at radius 3 is 2.67 bits per heavy atom. The minimum atomic E-state index is -1.52. The molecule has 5 rings (SSSR count). The van der Waals surface area contributed by atoms with Gasteiger partial charge in [0, 0.05) is 42.3 Å². The van der Waals surface area contributed by atoms with E-state index >= 15 is 4.39 Å². The molecule has 1 N–H and O–H groups in total. The molecule has 9 heteroatoms. The number of nitrogens with zero attached hydrogens (tertiary/aromatic N) is 1. The van der Waals surface area contributed by atoms with Crippen LogP contribution in [0.25, 0.3) is 0 Å². The quantitative estimate of drug-likeness (QED) is 0.342. The number of hydrogen-bond acceptors (Lipinski definition) is 5. The van der Waals surface area contributed by atoms with Gasteiger partial charge in [0.15, 0.2) is 0 Å². The first-order valence-corrected chi connectivity index (χ1v) is 18.1. The number of methoxy groups -OCH3 is 1. The summed E-state index contributed by atoms with van der Waals surface area (Å²) in [5, 5.41) is -0.0334. The molecule has 43 heavy (non-hydrogen) atoms. The smallest absolute Gasteiger partial charge is 0.263 e. The van der Waals surface area contributed by atoms with E-state index in [0.717, 1.165) is 54.1 Å². The molecule has 2 aromatic rings. The molecule has 234 valence electrons. The molecule has 1 saturated carbocycles. The average Bonchev–Trinajstić information content (AvgIpc) is 3.17. The normalized spacial score (nSPS) is 31.2. The maximum atomic E-state index is 15.3. The Kier molecular flexibility index (Phi) is 10.6. The second kappa shape index (κ2) is 14.1. The van der Waals surface area contributed by atoms with Gasteiger partial charge in [-0.15, -0.1) is 11.8 Å². The fourth-order valence-electron chi connectivity index (χ4n) is 6.83. The molecule has 1 aliphatic carbocycles. The zero-order valence-electron chi connectivity index (χ0n) is 25.8. The summed E-state index contributed by atoms with van der Waals surface area (Å²) >= 11 is 7.99. The van der Waals surface area contributed by atoms with Gasteiger partial charge >= 0.3 is 0 Å². The lowest BCUT2D eigenvalue weighted by molar-refractivity contribution is 0.00639. The molecule has 2 aliphatic heterocycles. The molecule has 0 radical (unpaired) electrons. The molecule has 2 heterocycles. The summed E-state index contributed by atoms with van der Waals surface area (Å²) in [6, 6.07) is 9.50. The van der Waals surface area contributed by atoms with Crippen molar-refractivity contribution in [1.82, 2.24) is 4.72 Å². The largest absolute Gasteiger partial charge is 0.377 e. The van der Waals surface area contributed by atoms with Crippen LogP contribution in [0.15, 0.2) is 46.9 Å². The molecule has 3 aliphatic rings. The maximum Gasteiger partial charge on any atom is 0.263 e. The van der Waals surface area contributed by atoms with Gasteiger partial charge in [0.05, 0.1) is 22.1 Å². The summed E-state index contributed by atoms with van der Waals surface area (Å²) in [7, 11) is 0.282. The molecule has 7 atom stereocenters. The number of fused-ring (bicyclic) bond motifs is 2. The lowest BCUT2D eigenvalue weighted by Gasteiger charge is -2.45. The molecule has 1 amide bonds. The highest BCUT2D eigenvalue weighted by Gasteiger charge is 2.40. The highest BCUT2D eigenvalue weighted by Crippen LogP contribution is 2.45. The molecule has 1 fully saturated rings. The Morgan fingerprint density at radius 2 is 1.98 bits per heavy atom. The number of hydrogen-bond donors (Lipinski definition) is 1. The summed E-state index contributed by atoms with van der Waals surface area (Å²) in [5.41, 5.74) is 4.46. The van der Waals surface area contributed by atoms with Crippen LogP contribution in [0.4, 0.5) is 10.1 Å². The number of anilines is 1. The van der Waals surface area contributed by atoms with Gasteiger partial charge in [0.1, 0.15) is 16.8 Å². The SMILES string of the molecule is CCCc1c(C2CSc3ccc4cc3N(C2)CC2CCC2C(OC)/C(C)=C/C[C@H](C)C(C)S(=O)NC4=O)ccc(Cl)c1F. The molecular formula is C34H44ClFN2O3S2. The topological polar surface area (TPSA) is 58.6 Å². The maximum absolute atomic E-state index is 15.3. The van der Waals surface area contributed by atoms with Gasteiger partial charge in [-0.1, -0.05) is 44.0 Å². The highest BCUT2D eigenvalue weighted by molar-refractivity contribution is 7.99. The van der Waals surface area contributed by atoms with Gasteiger partial charge < -0.3 is 9.64 Å². The Labute approximate surface area is 267 Å². The molecule has 0 saturated heterocycles. The van der Waals surface area contributed by atoms with E-state index in [-0.39, 0.29) is 39.9 Å². The van der Waals surface area contributed by atoms with Crippen LogP contribution >= 0.6 is 23.4 Å². The molecule has 0 aromatic heterocycles. The molecule has 2 bridgehead atoms. The van der Waals surface area contributed by atoms with Gasteiger partial charge in [-0.3, -0.25) is 9.52 Å². The van der Waals surface area contributed by atoms with E-state index in [4.69, 9.17) is 16.3 Å². The minimum absolute atomic E-state index is 0.0313. The zero-order chi connectivity index (χ0) is 30.8. The van der Waals surface area contributed by atoms with Crippen LogP contribution in [-0.2, 0) is 22.1 Å². The molecular weight excluding hydrogens is 603 g/mol. The van der Waals surface area contributed by atoms with Crippen molar-refractivity contribution in [3.05, 3.63) is 69.5 Å². The lowest BCUT2D eigenvalue weighted by atomic mass is 9.68. The van der Waals surface area contributed by atoms with Crippen molar-refractivity contribution in [3.63, 3.8) is 0 Å². The van der Waals surface area contributed by atoms with Gasteiger partial charge in [-0.2, -0.15) is 0 Å². The fraction of sp³-hybridized carbons (Fsp3) is 0.559. The third-order valence-electron chi connectivity index (χ3n) is 9.78. The summed E-state index contributed by atoms with van der Waals surface area (Å²) in [6.07, 6.45) is 6.73. The van der Waals surface area contributed by atoms with Gasteiger partial charge in [0.25, 0.3) is 5.91 Å². The predicted molar refractivity (Wildman–Crippen MR) is 177 cm³/mol. The first-order valence-electron chi connectivity index (χ1n) is 15.5. The van der Waals surface area contributed by atoms with Crippen LogP contribution in [-0.4, -0.2) is 47.4 Å². The number of ether oxygens (including phenoxy) is 1. The number of nitrogens with one attached hydrogen (secondary N) is 1. The molecule has 5 nitrogen and oxygen atoms in total. The van der Waals surface area contributed by atoms with Crippen LogP contribution in [0.3, 0.4) is 0 Å². The van der Waals surface area contributed by atoms with Crippen molar-refractivity contribution < 1.29 is 18.1 Å². The third-order valence-corrected chi connectivity index (χ3v) is 12.8. The van der Waals surface area contributed by atoms with Gasteiger partial charge in [0.2, 0.25) is 0 Å². The van der Waals surface area contributed by atoms with E-state index in [1.165, 1.54) is 5.57 Å². The van der Waals surface area contributed by atoms with Gasteiger partial charge in [-0.25, -0.2) is 8.60 Å². The number of amides is 1. The Hall–Kier alpha value is -1.87. The fourth-order valence-corrected chi connectivity index (χ4v) is 9.19. The van der Waals surface area contributed by atoms with E-state index < -0.39 is 11.0 Å². The second-order valence-electron chi connectivity index (χ2n) is 12.5. The van der Waals surface area contributed by atoms with E-state index in [0.29, 0.717) is 35.9 Å². The average molecular weight is 647 g/mol. The molecule has 6 unspecified atom stereocenters. The summed E-state index contributed by atoms with van der Waals surface area (Å²) in [5.74, 6) is 1.20. The number of thioether (sulfide) groups is 1. The molecule has 2 aromatic carbocycles. The van der Waals surface area contributed by atoms with Crippen molar-refractivity contribution in [2.24, 2.45) is 17.8 Å². The first-order chi connectivity index (χ1) is 20.6.